The highest BCUT2D eigenvalue weighted by atomic mass is 16.2. The second kappa shape index (κ2) is 5.77. The Morgan fingerprint density at radius 2 is 1.91 bits per heavy atom. The standard InChI is InChI=1S/C16H14N4O2/c1-11-16(22)20(14-5-3-2-4-13(14)18-11)10-15(21)19-12-6-8-17-9-7-12/h2-9H,10H2,1H3,(H,17,19,21). The molecule has 3 aromatic rings. The van der Waals surface area contributed by atoms with Gasteiger partial charge >= 0.3 is 0 Å². The molecular formula is C16H14N4O2. The molecule has 0 spiro atoms. The van der Waals surface area contributed by atoms with Crippen LogP contribution in [-0.4, -0.2) is 20.4 Å². The first-order valence-corrected chi connectivity index (χ1v) is 6.81. The second-order valence-electron chi connectivity index (χ2n) is 4.86. The van der Waals surface area contributed by atoms with E-state index in [1.807, 2.05) is 18.2 Å². The maximum atomic E-state index is 12.3. The van der Waals surface area contributed by atoms with Gasteiger partial charge in [0.15, 0.2) is 0 Å². The summed E-state index contributed by atoms with van der Waals surface area (Å²) in [5.74, 6) is -0.274. The fourth-order valence-electron chi connectivity index (χ4n) is 2.26. The minimum atomic E-state index is -0.274. The maximum Gasteiger partial charge on any atom is 0.272 e. The first-order chi connectivity index (χ1) is 10.6. The average molecular weight is 294 g/mol. The predicted octanol–water partition coefficient (Wildman–Crippen LogP) is 1.74. The van der Waals surface area contributed by atoms with Crippen molar-refractivity contribution in [1.82, 2.24) is 14.5 Å². The highest BCUT2D eigenvalue weighted by Crippen LogP contribution is 2.10. The number of anilines is 1. The molecule has 0 bridgehead atoms. The molecule has 22 heavy (non-hydrogen) atoms. The number of aromatic nitrogens is 3. The van der Waals surface area contributed by atoms with Crippen molar-refractivity contribution in [3.05, 3.63) is 64.8 Å². The summed E-state index contributed by atoms with van der Waals surface area (Å²) in [6.07, 6.45) is 3.18. The Kier molecular flexibility index (Phi) is 3.65. The Morgan fingerprint density at radius 3 is 2.68 bits per heavy atom. The average Bonchev–Trinajstić information content (AvgIpc) is 2.53. The van der Waals surface area contributed by atoms with Crippen molar-refractivity contribution in [2.45, 2.75) is 13.5 Å². The van der Waals surface area contributed by atoms with E-state index < -0.39 is 0 Å². The molecule has 0 aliphatic heterocycles. The third kappa shape index (κ3) is 2.71. The maximum absolute atomic E-state index is 12.3. The van der Waals surface area contributed by atoms with Gasteiger partial charge in [0, 0.05) is 18.1 Å². The lowest BCUT2D eigenvalue weighted by Crippen LogP contribution is -2.30. The summed E-state index contributed by atoms with van der Waals surface area (Å²) in [5.41, 5.74) is 2.08. The number of hydrogen-bond acceptors (Lipinski definition) is 4. The zero-order valence-electron chi connectivity index (χ0n) is 12.0. The number of fused-ring (bicyclic) bond motifs is 1. The molecule has 3 rings (SSSR count). The Morgan fingerprint density at radius 1 is 1.18 bits per heavy atom. The van der Waals surface area contributed by atoms with Crippen molar-refractivity contribution in [3.63, 3.8) is 0 Å². The molecule has 0 atom stereocenters. The van der Waals surface area contributed by atoms with E-state index in [9.17, 15) is 9.59 Å². The minimum Gasteiger partial charge on any atom is -0.324 e. The van der Waals surface area contributed by atoms with Crippen molar-refractivity contribution < 1.29 is 4.79 Å². The van der Waals surface area contributed by atoms with Crippen molar-refractivity contribution >= 4 is 22.6 Å². The van der Waals surface area contributed by atoms with Crippen molar-refractivity contribution in [1.29, 1.82) is 0 Å². The number of para-hydroxylation sites is 2. The molecule has 1 N–H and O–H groups in total. The Labute approximate surface area is 126 Å². The molecule has 0 aliphatic carbocycles. The number of carbonyl (C=O) groups excluding carboxylic acids is 1. The topological polar surface area (TPSA) is 76.9 Å². The number of amides is 1. The molecule has 0 fully saturated rings. The van der Waals surface area contributed by atoms with E-state index in [4.69, 9.17) is 0 Å². The number of benzene rings is 1. The molecule has 2 heterocycles. The zero-order valence-corrected chi connectivity index (χ0v) is 12.0. The summed E-state index contributed by atoms with van der Waals surface area (Å²) in [6.45, 7) is 1.58. The van der Waals surface area contributed by atoms with Crippen molar-refractivity contribution in [2.75, 3.05) is 5.32 Å². The van der Waals surface area contributed by atoms with Gasteiger partial charge < -0.3 is 5.32 Å². The largest absolute Gasteiger partial charge is 0.324 e. The summed E-state index contributed by atoms with van der Waals surface area (Å²) < 4.78 is 1.44. The van der Waals surface area contributed by atoms with E-state index in [1.165, 1.54) is 4.57 Å². The fraction of sp³-hybridized carbons (Fsp3) is 0.125. The second-order valence-corrected chi connectivity index (χ2v) is 4.86. The van der Waals surface area contributed by atoms with Gasteiger partial charge in [0.2, 0.25) is 5.91 Å². The minimum absolute atomic E-state index is 0.0645. The number of rotatable bonds is 3. The van der Waals surface area contributed by atoms with Gasteiger partial charge in [0.25, 0.3) is 5.56 Å². The van der Waals surface area contributed by atoms with Crippen LogP contribution in [0.4, 0.5) is 5.69 Å². The molecule has 0 aliphatic rings. The first-order valence-electron chi connectivity index (χ1n) is 6.81. The van der Waals surface area contributed by atoms with Gasteiger partial charge in [0.05, 0.1) is 11.0 Å². The molecule has 6 heteroatoms. The molecule has 2 aromatic heterocycles. The van der Waals surface area contributed by atoms with Gasteiger partial charge in [-0.2, -0.15) is 0 Å². The third-order valence-corrected chi connectivity index (χ3v) is 3.28. The number of nitrogens with zero attached hydrogens (tertiary/aromatic N) is 3. The first kappa shape index (κ1) is 13.9. The van der Waals surface area contributed by atoms with E-state index in [0.717, 1.165) is 0 Å². The zero-order chi connectivity index (χ0) is 15.5. The van der Waals surface area contributed by atoms with Crippen LogP contribution in [0.2, 0.25) is 0 Å². The molecule has 6 nitrogen and oxygen atoms in total. The normalized spacial score (nSPS) is 10.6. The van der Waals surface area contributed by atoms with Gasteiger partial charge in [0.1, 0.15) is 12.2 Å². The van der Waals surface area contributed by atoms with Crippen LogP contribution in [0, 0.1) is 6.92 Å². The van der Waals surface area contributed by atoms with Crippen LogP contribution in [0.5, 0.6) is 0 Å². The lowest BCUT2D eigenvalue weighted by atomic mass is 10.2. The molecule has 0 unspecified atom stereocenters. The number of pyridine rings is 1. The van der Waals surface area contributed by atoms with Gasteiger partial charge in [-0.25, -0.2) is 4.98 Å². The van der Waals surface area contributed by atoms with Crippen LogP contribution in [0.15, 0.2) is 53.6 Å². The number of hydrogen-bond donors (Lipinski definition) is 1. The SMILES string of the molecule is Cc1nc2ccccc2n(CC(=O)Nc2ccncc2)c1=O. The summed E-state index contributed by atoms with van der Waals surface area (Å²) in [7, 11) is 0. The van der Waals surface area contributed by atoms with E-state index >= 15 is 0 Å². The summed E-state index contributed by atoms with van der Waals surface area (Å²) in [5, 5.41) is 2.74. The molecule has 1 aromatic carbocycles. The quantitative estimate of drug-likeness (QED) is 0.798. The highest BCUT2D eigenvalue weighted by molar-refractivity contribution is 5.91. The number of carbonyl (C=O) groups is 1. The van der Waals surface area contributed by atoms with Crippen LogP contribution >= 0.6 is 0 Å². The number of nitrogens with one attached hydrogen (secondary N) is 1. The molecular weight excluding hydrogens is 280 g/mol. The van der Waals surface area contributed by atoms with E-state index in [2.05, 4.69) is 15.3 Å². The predicted molar refractivity (Wildman–Crippen MR) is 83.6 cm³/mol. The monoisotopic (exact) mass is 294 g/mol. The smallest absolute Gasteiger partial charge is 0.272 e. The van der Waals surface area contributed by atoms with Gasteiger partial charge in [-0.05, 0) is 31.2 Å². The van der Waals surface area contributed by atoms with Crippen LogP contribution in [0.25, 0.3) is 11.0 Å². The van der Waals surface area contributed by atoms with Gasteiger partial charge in [-0.1, -0.05) is 12.1 Å². The summed E-state index contributed by atoms with van der Waals surface area (Å²) >= 11 is 0. The van der Waals surface area contributed by atoms with Crippen LogP contribution in [0.1, 0.15) is 5.69 Å². The van der Waals surface area contributed by atoms with E-state index in [1.54, 1.807) is 37.5 Å². The lowest BCUT2D eigenvalue weighted by Gasteiger charge is -2.11. The molecule has 0 saturated heterocycles. The Balaban J connectivity index is 1.95. The van der Waals surface area contributed by atoms with Crippen molar-refractivity contribution in [3.8, 4) is 0 Å². The van der Waals surface area contributed by atoms with Crippen molar-refractivity contribution in [2.24, 2.45) is 0 Å². The van der Waals surface area contributed by atoms with E-state index in [-0.39, 0.29) is 18.0 Å². The fourth-order valence-corrected chi connectivity index (χ4v) is 2.26. The highest BCUT2D eigenvalue weighted by Gasteiger charge is 2.11. The van der Waals surface area contributed by atoms with Crippen LogP contribution in [-0.2, 0) is 11.3 Å². The van der Waals surface area contributed by atoms with E-state index in [0.29, 0.717) is 22.4 Å². The van der Waals surface area contributed by atoms with Crippen LogP contribution in [0.3, 0.4) is 0 Å². The van der Waals surface area contributed by atoms with Gasteiger partial charge in [-0.15, -0.1) is 0 Å². The number of aryl methyl sites for hydroxylation is 1. The summed E-state index contributed by atoms with van der Waals surface area (Å²) in [6, 6.07) is 10.6. The Bertz CT molecular complexity index is 888. The molecule has 110 valence electrons. The van der Waals surface area contributed by atoms with Gasteiger partial charge in [-0.3, -0.25) is 19.1 Å². The molecule has 1 amide bonds. The summed E-state index contributed by atoms with van der Waals surface area (Å²) in [4.78, 5) is 32.6. The molecule has 0 radical (unpaired) electrons. The third-order valence-electron chi connectivity index (χ3n) is 3.28. The Hall–Kier alpha value is -3.02. The van der Waals surface area contributed by atoms with Crippen LogP contribution < -0.4 is 10.9 Å². The lowest BCUT2D eigenvalue weighted by molar-refractivity contribution is -0.116. The molecule has 0 saturated carbocycles.